The Morgan fingerprint density at radius 1 is 1.16 bits per heavy atom. The van der Waals surface area contributed by atoms with Gasteiger partial charge in [-0.3, -0.25) is 4.79 Å². The number of hydrogen-bond donors (Lipinski definition) is 3. The second kappa shape index (κ2) is 10.3. The fraction of sp³-hybridized carbons (Fsp3) is 0.417. The van der Waals surface area contributed by atoms with Crippen molar-refractivity contribution in [1.29, 1.82) is 0 Å². The maximum Gasteiger partial charge on any atom is 0.407 e. The van der Waals surface area contributed by atoms with Crippen molar-refractivity contribution in [2.24, 2.45) is 5.41 Å². The number of hydrogen-bond acceptors (Lipinski definition) is 4. The Kier molecular flexibility index (Phi) is 8.26. The maximum absolute atomic E-state index is 14.1. The molecule has 6 nitrogen and oxygen atoms in total. The Labute approximate surface area is 192 Å². The van der Waals surface area contributed by atoms with Crippen LogP contribution in [0.15, 0.2) is 42.5 Å². The number of nitrogens with one attached hydrogen (secondary N) is 1. The summed E-state index contributed by atoms with van der Waals surface area (Å²) in [4.78, 5) is 24.0. The van der Waals surface area contributed by atoms with Crippen LogP contribution < -0.4 is 5.32 Å². The van der Waals surface area contributed by atoms with Gasteiger partial charge in [-0.05, 0) is 63.8 Å². The molecule has 32 heavy (non-hydrogen) atoms. The Balaban J connectivity index is 2.30. The molecule has 0 heterocycles. The lowest BCUT2D eigenvalue weighted by Gasteiger charge is -2.30. The number of ether oxygens (including phenoxy) is 1. The first kappa shape index (κ1) is 25.6. The highest BCUT2D eigenvalue weighted by atomic mass is 35.5. The van der Waals surface area contributed by atoms with Crippen LogP contribution in [0.2, 0.25) is 5.02 Å². The van der Waals surface area contributed by atoms with Crippen molar-refractivity contribution >= 4 is 23.7 Å². The van der Waals surface area contributed by atoms with Gasteiger partial charge < -0.3 is 20.3 Å². The largest absolute Gasteiger partial charge is 0.481 e. The third-order valence-corrected chi connectivity index (χ3v) is 5.34. The first-order chi connectivity index (χ1) is 14.8. The van der Waals surface area contributed by atoms with Crippen LogP contribution in [-0.4, -0.2) is 40.5 Å². The summed E-state index contributed by atoms with van der Waals surface area (Å²) in [5, 5.41) is 22.2. The number of aliphatic carboxylic acids is 1. The minimum absolute atomic E-state index is 0.0521. The summed E-state index contributed by atoms with van der Waals surface area (Å²) in [6.45, 7) is 5.95. The lowest BCUT2D eigenvalue weighted by Crippen LogP contribution is -2.45. The van der Waals surface area contributed by atoms with Crippen molar-refractivity contribution in [1.82, 2.24) is 5.32 Å². The number of carboxylic acid groups (broad SMARTS) is 1. The van der Waals surface area contributed by atoms with Gasteiger partial charge in [0, 0.05) is 16.6 Å². The third-order valence-electron chi connectivity index (χ3n) is 4.99. The number of benzene rings is 2. The zero-order chi connectivity index (χ0) is 24.1. The molecule has 0 spiro atoms. The van der Waals surface area contributed by atoms with Crippen LogP contribution in [0, 0.1) is 11.2 Å². The van der Waals surface area contributed by atoms with E-state index < -0.39 is 35.7 Å². The molecule has 0 fully saturated rings. The van der Waals surface area contributed by atoms with Gasteiger partial charge in [0.05, 0.1) is 12.0 Å². The second-order valence-electron chi connectivity index (χ2n) is 9.06. The zero-order valence-electron chi connectivity index (χ0n) is 18.6. The van der Waals surface area contributed by atoms with E-state index >= 15 is 0 Å². The van der Waals surface area contributed by atoms with Crippen LogP contribution in [0.25, 0.3) is 11.1 Å². The number of carbonyl (C=O) groups is 2. The average Bonchev–Trinajstić information content (AvgIpc) is 2.68. The molecule has 0 saturated heterocycles. The summed E-state index contributed by atoms with van der Waals surface area (Å²) in [5.74, 6) is -1.56. The molecule has 0 aliphatic carbocycles. The van der Waals surface area contributed by atoms with Crippen molar-refractivity contribution in [2.75, 3.05) is 6.61 Å². The summed E-state index contributed by atoms with van der Waals surface area (Å²) < 4.78 is 19.4. The SMILES string of the molecule is CC(C)(C)OC(=O)N[C@@H](Cc1ccc(-c2ccccc2F)cc1Cl)CC(C)(CO)C(=O)O. The van der Waals surface area contributed by atoms with Crippen LogP contribution in [0.3, 0.4) is 0 Å². The second-order valence-corrected chi connectivity index (χ2v) is 9.47. The van der Waals surface area contributed by atoms with Gasteiger partial charge in [0.2, 0.25) is 0 Å². The average molecular weight is 466 g/mol. The van der Waals surface area contributed by atoms with E-state index in [1.807, 2.05) is 0 Å². The van der Waals surface area contributed by atoms with E-state index in [1.165, 1.54) is 13.0 Å². The molecule has 174 valence electrons. The van der Waals surface area contributed by atoms with E-state index in [4.69, 9.17) is 16.3 Å². The van der Waals surface area contributed by atoms with Gasteiger partial charge >= 0.3 is 12.1 Å². The van der Waals surface area contributed by atoms with Crippen molar-refractivity contribution in [3.05, 3.63) is 58.9 Å². The van der Waals surface area contributed by atoms with E-state index in [2.05, 4.69) is 5.32 Å². The normalized spacial score (nSPS) is 14.3. The molecular weight excluding hydrogens is 437 g/mol. The summed E-state index contributed by atoms with van der Waals surface area (Å²) in [5.41, 5.74) is -0.569. The molecule has 0 aromatic heterocycles. The van der Waals surface area contributed by atoms with Gasteiger partial charge in [-0.15, -0.1) is 0 Å². The minimum atomic E-state index is -1.47. The molecule has 0 saturated carbocycles. The third kappa shape index (κ3) is 6.93. The topological polar surface area (TPSA) is 95.9 Å². The highest BCUT2D eigenvalue weighted by molar-refractivity contribution is 6.31. The van der Waals surface area contributed by atoms with Crippen molar-refractivity contribution in [3.8, 4) is 11.1 Å². The molecule has 0 radical (unpaired) electrons. The zero-order valence-corrected chi connectivity index (χ0v) is 19.4. The van der Waals surface area contributed by atoms with Crippen LogP contribution in [0.1, 0.15) is 39.7 Å². The molecule has 0 aliphatic heterocycles. The number of rotatable bonds is 8. The molecule has 1 unspecified atom stereocenters. The fourth-order valence-corrected chi connectivity index (χ4v) is 3.51. The molecule has 8 heteroatoms. The first-order valence-electron chi connectivity index (χ1n) is 10.2. The molecule has 2 aromatic carbocycles. The van der Waals surface area contributed by atoms with Gasteiger partial charge in [-0.1, -0.05) is 41.9 Å². The summed E-state index contributed by atoms with van der Waals surface area (Å²) in [6, 6.07) is 10.7. The first-order valence-corrected chi connectivity index (χ1v) is 10.6. The van der Waals surface area contributed by atoms with E-state index in [0.717, 1.165) is 0 Å². The molecule has 3 N–H and O–H groups in total. The lowest BCUT2D eigenvalue weighted by atomic mass is 9.82. The number of amides is 1. The van der Waals surface area contributed by atoms with Crippen LogP contribution in [-0.2, 0) is 16.0 Å². The van der Waals surface area contributed by atoms with Crippen LogP contribution >= 0.6 is 11.6 Å². The highest BCUT2D eigenvalue weighted by Crippen LogP contribution is 2.30. The van der Waals surface area contributed by atoms with Crippen molar-refractivity contribution in [2.45, 2.75) is 52.2 Å². The van der Waals surface area contributed by atoms with Gasteiger partial charge in [0.25, 0.3) is 0 Å². The van der Waals surface area contributed by atoms with Crippen LogP contribution in [0.4, 0.5) is 9.18 Å². The summed E-state index contributed by atoms with van der Waals surface area (Å²) >= 11 is 6.45. The smallest absolute Gasteiger partial charge is 0.407 e. The Bertz CT molecular complexity index is 975. The predicted molar refractivity (Wildman–Crippen MR) is 121 cm³/mol. The Morgan fingerprint density at radius 2 is 1.81 bits per heavy atom. The molecule has 2 atom stereocenters. The highest BCUT2D eigenvalue weighted by Gasteiger charge is 2.36. The quantitative estimate of drug-likeness (QED) is 0.506. The number of alkyl carbamates (subject to hydrolysis) is 1. The Hall–Kier alpha value is -2.64. The molecule has 0 bridgehead atoms. The standard InChI is InChI=1S/C24H29ClFNO5/c1-23(2,3)32-22(31)27-17(13-24(4,14-28)21(29)30)11-16-10-9-15(12-19(16)25)18-7-5-6-8-20(18)26/h5-10,12,17,28H,11,13-14H2,1-4H3,(H,27,31)(H,29,30)/t17-,24?/m0/s1. The van der Waals surface area contributed by atoms with Gasteiger partial charge in [-0.2, -0.15) is 0 Å². The number of carboxylic acids is 1. The van der Waals surface area contributed by atoms with Crippen LogP contribution in [0.5, 0.6) is 0 Å². The molecule has 2 rings (SSSR count). The van der Waals surface area contributed by atoms with Crippen molar-refractivity contribution < 1.29 is 28.9 Å². The van der Waals surface area contributed by atoms with E-state index in [0.29, 0.717) is 21.7 Å². The summed E-state index contributed by atoms with van der Waals surface area (Å²) in [6.07, 6.45) is -0.561. The van der Waals surface area contributed by atoms with E-state index in [1.54, 1.807) is 57.2 Å². The minimum Gasteiger partial charge on any atom is -0.481 e. The van der Waals surface area contributed by atoms with E-state index in [-0.39, 0.29) is 18.7 Å². The van der Waals surface area contributed by atoms with Gasteiger partial charge in [-0.25, -0.2) is 9.18 Å². The predicted octanol–water partition coefficient (Wildman–Crippen LogP) is 5.06. The number of halogens is 2. The maximum atomic E-state index is 14.1. The molecule has 2 aromatic rings. The Morgan fingerprint density at radius 3 is 2.34 bits per heavy atom. The number of aliphatic hydroxyl groups excluding tert-OH is 1. The van der Waals surface area contributed by atoms with E-state index in [9.17, 15) is 24.2 Å². The molecular formula is C24H29ClFNO5. The lowest BCUT2D eigenvalue weighted by molar-refractivity contribution is -0.151. The molecule has 1 amide bonds. The monoisotopic (exact) mass is 465 g/mol. The van der Waals surface area contributed by atoms with Gasteiger partial charge in [0.1, 0.15) is 11.4 Å². The fourth-order valence-electron chi connectivity index (χ4n) is 3.25. The van der Waals surface area contributed by atoms with Crippen molar-refractivity contribution in [3.63, 3.8) is 0 Å². The van der Waals surface area contributed by atoms with Gasteiger partial charge in [0.15, 0.2) is 0 Å². The summed E-state index contributed by atoms with van der Waals surface area (Å²) in [7, 11) is 0. The number of carbonyl (C=O) groups excluding carboxylic acids is 1. The number of aliphatic hydroxyl groups is 1. The molecule has 0 aliphatic rings.